The molecule has 1 aromatic rings. The summed E-state index contributed by atoms with van der Waals surface area (Å²) in [6.45, 7) is 0.864. The molecular formula is C13H17FIN3O. The van der Waals surface area contributed by atoms with Crippen LogP contribution in [0.1, 0.15) is 18.4 Å². The van der Waals surface area contributed by atoms with Crippen LogP contribution in [-0.4, -0.2) is 25.7 Å². The maximum absolute atomic E-state index is 13.9. The summed E-state index contributed by atoms with van der Waals surface area (Å²) in [5.74, 6) is -0.392. The molecule has 1 saturated carbocycles. The van der Waals surface area contributed by atoms with Crippen LogP contribution in [0.2, 0.25) is 0 Å². The number of rotatable bonds is 5. The summed E-state index contributed by atoms with van der Waals surface area (Å²) >= 11 is 2.04. The quantitative estimate of drug-likeness (QED) is 0.691. The number of amides is 2. The van der Waals surface area contributed by atoms with Crippen LogP contribution >= 0.6 is 22.6 Å². The third kappa shape index (κ3) is 4.31. The van der Waals surface area contributed by atoms with E-state index in [2.05, 4.69) is 16.0 Å². The van der Waals surface area contributed by atoms with E-state index in [-0.39, 0.29) is 5.69 Å². The van der Waals surface area contributed by atoms with Gasteiger partial charge in [-0.2, -0.15) is 0 Å². The second-order valence-corrected chi connectivity index (χ2v) is 5.78. The Morgan fingerprint density at radius 2 is 2.21 bits per heavy atom. The van der Waals surface area contributed by atoms with Crippen LogP contribution in [0, 0.1) is 9.39 Å². The van der Waals surface area contributed by atoms with Gasteiger partial charge in [-0.3, -0.25) is 0 Å². The maximum atomic E-state index is 13.9. The Kier molecular flexibility index (Phi) is 4.98. The molecule has 0 unspecified atom stereocenters. The minimum absolute atomic E-state index is 0.235. The lowest BCUT2D eigenvalue weighted by Gasteiger charge is -2.11. The number of carbonyl (C=O) groups is 1. The van der Waals surface area contributed by atoms with Gasteiger partial charge in [0.2, 0.25) is 0 Å². The zero-order valence-corrected chi connectivity index (χ0v) is 12.9. The molecule has 0 radical (unpaired) electrons. The Hall–Kier alpha value is -0.890. The molecule has 0 atom stereocenters. The molecule has 1 fully saturated rings. The zero-order valence-electron chi connectivity index (χ0n) is 10.7. The fourth-order valence-electron chi connectivity index (χ4n) is 1.77. The normalized spacial score (nSPS) is 14.3. The first-order valence-electron chi connectivity index (χ1n) is 6.30. The third-order valence-electron chi connectivity index (χ3n) is 2.99. The molecule has 1 aliphatic rings. The highest BCUT2D eigenvalue weighted by Crippen LogP contribution is 2.24. The van der Waals surface area contributed by atoms with E-state index in [0.29, 0.717) is 9.61 Å². The molecule has 4 nitrogen and oxygen atoms in total. The van der Waals surface area contributed by atoms with Crippen LogP contribution in [0.3, 0.4) is 0 Å². The van der Waals surface area contributed by atoms with Gasteiger partial charge in [-0.05, 0) is 66.1 Å². The first kappa shape index (κ1) is 14.5. The van der Waals surface area contributed by atoms with Crippen LogP contribution in [0.5, 0.6) is 0 Å². The van der Waals surface area contributed by atoms with Crippen LogP contribution in [-0.2, 0) is 6.42 Å². The van der Waals surface area contributed by atoms with Gasteiger partial charge in [-0.1, -0.05) is 0 Å². The monoisotopic (exact) mass is 377 g/mol. The number of hydrogen-bond acceptors (Lipinski definition) is 2. The second kappa shape index (κ2) is 6.51. The molecular weight excluding hydrogens is 360 g/mol. The minimum atomic E-state index is -0.417. The van der Waals surface area contributed by atoms with Gasteiger partial charge in [0.15, 0.2) is 0 Å². The van der Waals surface area contributed by atoms with Gasteiger partial charge in [0.1, 0.15) is 5.82 Å². The first-order chi connectivity index (χ1) is 9.10. The van der Waals surface area contributed by atoms with Gasteiger partial charge >= 0.3 is 6.03 Å². The van der Waals surface area contributed by atoms with Crippen molar-refractivity contribution in [2.24, 2.45) is 0 Å². The third-order valence-corrected chi connectivity index (χ3v) is 3.84. The standard InChI is InChI=1S/C13H17FIN3O/c1-16-13(19)18-12-10(14)6-8(7-11(12)15)4-5-17-9-2-3-9/h6-7,9,17H,2-5H2,1H3,(H2,16,18,19). The molecule has 1 aromatic carbocycles. The predicted octanol–water partition coefficient (Wildman–Crippen LogP) is 2.48. The van der Waals surface area contributed by atoms with Gasteiger partial charge in [-0.15, -0.1) is 0 Å². The summed E-state index contributed by atoms with van der Waals surface area (Å²) in [5.41, 5.74) is 1.18. The number of urea groups is 1. The number of benzene rings is 1. The van der Waals surface area contributed by atoms with Crippen LogP contribution in [0.15, 0.2) is 12.1 Å². The SMILES string of the molecule is CNC(=O)Nc1c(F)cc(CCNC2CC2)cc1I. The summed E-state index contributed by atoms with van der Waals surface area (Å²) in [5, 5.41) is 8.29. The summed E-state index contributed by atoms with van der Waals surface area (Å²) in [7, 11) is 1.50. The Balaban J connectivity index is 2.00. The summed E-state index contributed by atoms with van der Waals surface area (Å²) in [4.78, 5) is 11.2. The summed E-state index contributed by atoms with van der Waals surface area (Å²) < 4.78 is 14.6. The number of carbonyl (C=O) groups excluding carboxylic acids is 1. The van der Waals surface area contributed by atoms with Crippen molar-refractivity contribution in [3.05, 3.63) is 27.1 Å². The smallest absolute Gasteiger partial charge is 0.319 e. The minimum Gasteiger partial charge on any atom is -0.341 e. The number of anilines is 1. The maximum Gasteiger partial charge on any atom is 0.319 e. The highest BCUT2D eigenvalue weighted by atomic mass is 127. The fraction of sp³-hybridized carbons (Fsp3) is 0.462. The molecule has 0 saturated heterocycles. The molecule has 0 aromatic heterocycles. The van der Waals surface area contributed by atoms with Crippen LogP contribution in [0.25, 0.3) is 0 Å². The molecule has 0 aliphatic heterocycles. The molecule has 104 valence electrons. The van der Waals surface area contributed by atoms with Crippen molar-refractivity contribution in [1.29, 1.82) is 0 Å². The van der Waals surface area contributed by atoms with Gasteiger partial charge in [0, 0.05) is 16.7 Å². The van der Waals surface area contributed by atoms with Crippen LogP contribution in [0.4, 0.5) is 14.9 Å². The van der Waals surface area contributed by atoms with Gasteiger partial charge < -0.3 is 16.0 Å². The Morgan fingerprint density at radius 3 is 2.79 bits per heavy atom. The van der Waals surface area contributed by atoms with E-state index in [1.807, 2.05) is 28.7 Å². The van der Waals surface area contributed by atoms with Crippen molar-refractivity contribution < 1.29 is 9.18 Å². The van der Waals surface area contributed by atoms with E-state index < -0.39 is 11.8 Å². The Bertz CT molecular complexity index is 454. The van der Waals surface area contributed by atoms with Crippen molar-refractivity contribution in [2.45, 2.75) is 25.3 Å². The number of halogens is 2. The summed E-state index contributed by atoms with van der Waals surface area (Å²) in [6.07, 6.45) is 3.30. The lowest BCUT2D eigenvalue weighted by Crippen LogP contribution is -2.25. The molecule has 3 N–H and O–H groups in total. The Labute approximate surface area is 125 Å². The van der Waals surface area contributed by atoms with Crippen LogP contribution < -0.4 is 16.0 Å². The Morgan fingerprint density at radius 1 is 1.47 bits per heavy atom. The van der Waals surface area contributed by atoms with Crippen molar-refractivity contribution in [1.82, 2.24) is 10.6 Å². The molecule has 2 rings (SSSR count). The van der Waals surface area contributed by atoms with Crippen molar-refractivity contribution >= 4 is 34.3 Å². The van der Waals surface area contributed by atoms with Crippen molar-refractivity contribution in [3.8, 4) is 0 Å². The highest BCUT2D eigenvalue weighted by molar-refractivity contribution is 14.1. The van der Waals surface area contributed by atoms with E-state index in [9.17, 15) is 9.18 Å². The van der Waals surface area contributed by atoms with Gasteiger partial charge in [0.05, 0.1) is 5.69 Å². The van der Waals surface area contributed by atoms with E-state index in [1.54, 1.807) is 0 Å². The van der Waals surface area contributed by atoms with E-state index >= 15 is 0 Å². The average Bonchev–Trinajstić information content (AvgIpc) is 3.17. The summed E-state index contributed by atoms with van der Waals surface area (Å²) in [6, 6.07) is 3.64. The second-order valence-electron chi connectivity index (χ2n) is 4.62. The largest absolute Gasteiger partial charge is 0.341 e. The van der Waals surface area contributed by atoms with E-state index in [0.717, 1.165) is 18.5 Å². The topological polar surface area (TPSA) is 53.2 Å². The van der Waals surface area contributed by atoms with Crippen molar-refractivity contribution in [2.75, 3.05) is 18.9 Å². The first-order valence-corrected chi connectivity index (χ1v) is 7.38. The zero-order chi connectivity index (χ0) is 13.8. The molecule has 0 heterocycles. The lowest BCUT2D eigenvalue weighted by molar-refractivity contribution is 0.254. The predicted molar refractivity (Wildman–Crippen MR) is 81.9 cm³/mol. The fourth-order valence-corrected chi connectivity index (χ4v) is 2.57. The molecule has 2 amide bonds. The molecule has 19 heavy (non-hydrogen) atoms. The van der Waals surface area contributed by atoms with E-state index in [1.165, 1.54) is 26.0 Å². The molecule has 0 bridgehead atoms. The molecule has 0 spiro atoms. The van der Waals surface area contributed by atoms with Gasteiger partial charge in [0.25, 0.3) is 0 Å². The van der Waals surface area contributed by atoms with Crippen molar-refractivity contribution in [3.63, 3.8) is 0 Å². The number of hydrogen-bond donors (Lipinski definition) is 3. The lowest BCUT2D eigenvalue weighted by atomic mass is 10.1. The van der Waals surface area contributed by atoms with E-state index in [4.69, 9.17) is 0 Å². The number of nitrogens with one attached hydrogen (secondary N) is 3. The molecule has 6 heteroatoms. The van der Waals surface area contributed by atoms with Gasteiger partial charge in [-0.25, -0.2) is 9.18 Å². The highest BCUT2D eigenvalue weighted by Gasteiger charge is 2.19. The average molecular weight is 377 g/mol. The molecule has 1 aliphatic carbocycles.